The van der Waals surface area contributed by atoms with Gasteiger partial charge in [0.05, 0.1) is 6.04 Å². The van der Waals surface area contributed by atoms with Crippen LogP contribution in [0.15, 0.2) is 0 Å². The molecule has 1 rings (SSSR count). The summed E-state index contributed by atoms with van der Waals surface area (Å²) in [7, 11) is 0. The normalized spacial score (nSPS) is 18.5. The average molecular weight is 242 g/mol. The van der Waals surface area contributed by atoms with E-state index in [1.54, 1.807) is 11.8 Å². The predicted molar refractivity (Wildman–Crippen MR) is 64.7 cm³/mol. The number of carbonyl (C=O) groups is 2. The molecule has 1 fully saturated rings. The summed E-state index contributed by atoms with van der Waals surface area (Å²) in [6.45, 7) is 6.89. The van der Waals surface area contributed by atoms with E-state index in [1.165, 1.54) is 0 Å². The minimum atomic E-state index is -0.855. The molecule has 1 saturated carbocycles. The van der Waals surface area contributed by atoms with E-state index in [9.17, 15) is 9.59 Å². The van der Waals surface area contributed by atoms with Crippen LogP contribution in [0, 0.1) is 5.92 Å². The number of rotatable bonds is 7. The van der Waals surface area contributed by atoms with Gasteiger partial charge in [-0.3, -0.25) is 14.9 Å². The van der Waals surface area contributed by atoms with Gasteiger partial charge in [0.1, 0.15) is 6.04 Å². The molecule has 2 unspecified atom stereocenters. The lowest BCUT2D eigenvalue weighted by Gasteiger charge is -2.25. The fourth-order valence-corrected chi connectivity index (χ4v) is 1.99. The van der Waals surface area contributed by atoms with E-state index in [4.69, 9.17) is 5.11 Å². The van der Waals surface area contributed by atoms with Crippen molar-refractivity contribution < 1.29 is 14.7 Å². The molecule has 1 amide bonds. The van der Waals surface area contributed by atoms with Crippen molar-refractivity contribution in [2.45, 2.75) is 45.7 Å². The van der Waals surface area contributed by atoms with Gasteiger partial charge in [-0.25, -0.2) is 0 Å². The van der Waals surface area contributed by atoms with Crippen molar-refractivity contribution in [1.82, 2.24) is 10.2 Å². The highest BCUT2D eigenvalue weighted by molar-refractivity contribution is 5.83. The molecule has 17 heavy (non-hydrogen) atoms. The van der Waals surface area contributed by atoms with Gasteiger partial charge in [-0.2, -0.15) is 0 Å². The van der Waals surface area contributed by atoms with E-state index in [0.29, 0.717) is 13.1 Å². The third-order valence-electron chi connectivity index (χ3n) is 3.23. The van der Waals surface area contributed by atoms with Crippen LogP contribution >= 0.6 is 0 Å². The van der Waals surface area contributed by atoms with Gasteiger partial charge >= 0.3 is 5.97 Å². The van der Waals surface area contributed by atoms with Crippen LogP contribution in [0.2, 0.25) is 0 Å². The minimum Gasteiger partial charge on any atom is -0.480 e. The molecule has 1 aliphatic carbocycles. The van der Waals surface area contributed by atoms with Crippen LogP contribution in [0.5, 0.6) is 0 Å². The first-order valence-corrected chi connectivity index (χ1v) is 6.28. The molecule has 0 aromatic rings. The van der Waals surface area contributed by atoms with Crippen molar-refractivity contribution in [2.24, 2.45) is 5.92 Å². The van der Waals surface area contributed by atoms with Gasteiger partial charge in [0.15, 0.2) is 0 Å². The van der Waals surface area contributed by atoms with Crippen LogP contribution in [0.4, 0.5) is 0 Å². The summed E-state index contributed by atoms with van der Waals surface area (Å²) >= 11 is 0. The fourth-order valence-electron chi connectivity index (χ4n) is 1.99. The zero-order valence-corrected chi connectivity index (χ0v) is 10.8. The molecular weight excluding hydrogens is 220 g/mol. The zero-order chi connectivity index (χ0) is 13.0. The van der Waals surface area contributed by atoms with Crippen molar-refractivity contribution >= 4 is 11.9 Å². The largest absolute Gasteiger partial charge is 0.480 e. The van der Waals surface area contributed by atoms with E-state index < -0.39 is 18.1 Å². The molecule has 98 valence electrons. The van der Waals surface area contributed by atoms with Gasteiger partial charge in [0.2, 0.25) is 5.91 Å². The number of nitrogens with zero attached hydrogens (tertiary/aromatic N) is 1. The Morgan fingerprint density at radius 2 is 1.88 bits per heavy atom. The number of hydrogen-bond donors (Lipinski definition) is 2. The second-order valence-corrected chi connectivity index (χ2v) is 4.55. The van der Waals surface area contributed by atoms with E-state index >= 15 is 0 Å². The fraction of sp³-hybridized carbons (Fsp3) is 0.833. The first-order chi connectivity index (χ1) is 8.01. The number of likely N-dealkylation sites (N-methyl/N-ethyl adjacent to an activating group) is 1. The van der Waals surface area contributed by atoms with Crippen LogP contribution in [0.25, 0.3) is 0 Å². The number of carbonyl (C=O) groups excluding carboxylic acids is 1. The molecule has 2 N–H and O–H groups in total. The Bertz CT molecular complexity index is 285. The smallest absolute Gasteiger partial charge is 0.321 e. The second-order valence-electron chi connectivity index (χ2n) is 4.55. The summed E-state index contributed by atoms with van der Waals surface area (Å²) in [5.41, 5.74) is 0. The molecule has 0 aromatic carbocycles. The molecule has 0 radical (unpaired) electrons. The monoisotopic (exact) mass is 242 g/mol. The maximum absolute atomic E-state index is 12.0. The number of aliphatic carboxylic acids is 1. The molecule has 2 atom stereocenters. The summed E-state index contributed by atoms with van der Waals surface area (Å²) in [4.78, 5) is 24.7. The van der Waals surface area contributed by atoms with Crippen LogP contribution in [-0.4, -0.2) is 47.1 Å². The van der Waals surface area contributed by atoms with Crippen molar-refractivity contribution in [2.75, 3.05) is 13.1 Å². The lowest BCUT2D eigenvalue weighted by Crippen LogP contribution is -2.51. The second kappa shape index (κ2) is 6.00. The average Bonchev–Trinajstić information content (AvgIpc) is 3.10. The van der Waals surface area contributed by atoms with Gasteiger partial charge in [0.25, 0.3) is 0 Å². The number of carboxylic acids is 1. The van der Waals surface area contributed by atoms with E-state index in [2.05, 4.69) is 5.32 Å². The van der Waals surface area contributed by atoms with Crippen LogP contribution < -0.4 is 5.32 Å². The number of amides is 1. The topological polar surface area (TPSA) is 69.6 Å². The highest BCUT2D eigenvalue weighted by Crippen LogP contribution is 2.32. The Morgan fingerprint density at radius 3 is 2.24 bits per heavy atom. The summed E-state index contributed by atoms with van der Waals surface area (Å²) in [5, 5.41) is 12.0. The highest BCUT2D eigenvalue weighted by Gasteiger charge is 2.38. The van der Waals surface area contributed by atoms with E-state index in [-0.39, 0.29) is 11.8 Å². The van der Waals surface area contributed by atoms with Crippen molar-refractivity contribution in [3.8, 4) is 0 Å². The Hall–Kier alpha value is -1.10. The van der Waals surface area contributed by atoms with Gasteiger partial charge in [-0.15, -0.1) is 0 Å². The SMILES string of the molecule is CCN(CC)C(=O)C(C)NC(C(=O)O)C1CC1. The van der Waals surface area contributed by atoms with Gasteiger partial charge in [-0.05, 0) is 39.5 Å². The van der Waals surface area contributed by atoms with Gasteiger partial charge in [0, 0.05) is 13.1 Å². The Balaban J connectivity index is 2.54. The van der Waals surface area contributed by atoms with Crippen LogP contribution in [-0.2, 0) is 9.59 Å². The molecule has 0 bridgehead atoms. The molecule has 5 heteroatoms. The van der Waals surface area contributed by atoms with E-state index in [0.717, 1.165) is 12.8 Å². The van der Waals surface area contributed by atoms with Crippen LogP contribution in [0.1, 0.15) is 33.6 Å². The quantitative estimate of drug-likeness (QED) is 0.689. The highest BCUT2D eigenvalue weighted by atomic mass is 16.4. The minimum absolute atomic E-state index is 0.0260. The van der Waals surface area contributed by atoms with Crippen molar-refractivity contribution in [3.63, 3.8) is 0 Å². The lowest BCUT2D eigenvalue weighted by atomic mass is 10.1. The first-order valence-electron chi connectivity index (χ1n) is 6.28. The zero-order valence-electron chi connectivity index (χ0n) is 10.8. The van der Waals surface area contributed by atoms with Gasteiger partial charge < -0.3 is 10.0 Å². The third-order valence-corrected chi connectivity index (χ3v) is 3.23. The molecular formula is C12H22N2O3. The van der Waals surface area contributed by atoms with Crippen molar-refractivity contribution in [1.29, 1.82) is 0 Å². The summed E-state index contributed by atoms with van der Waals surface area (Å²) < 4.78 is 0. The summed E-state index contributed by atoms with van der Waals surface area (Å²) in [5.74, 6) is -0.687. The third kappa shape index (κ3) is 3.70. The Morgan fingerprint density at radius 1 is 1.35 bits per heavy atom. The summed E-state index contributed by atoms with van der Waals surface area (Å²) in [6, 6.07) is -1.01. The molecule has 0 spiro atoms. The molecule has 5 nitrogen and oxygen atoms in total. The maximum Gasteiger partial charge on any atom is 0.321 e. The molecule has 1 aliphatic rings. The molecule has 0 saturated heterocycles. The standard InChI is InChI=1S/C12H22N2O3/c1-4-14(5-2)11(15)8(3)13-10(12(16)17)9-6-7-9/h8-10,13H,4-7H2,1-3H3,(H,16,17). The Kier molecular flexibility index (Phi) is 4.93. The number of hydrogen-bond acceptors (Lipinski definition) is 3. The number of nitrogens with one attached hydrogen (secondary N) is 1. The lowest BCUT2D eigenvalue weighted by molar-refractivity contribution is -0.141. The van der Waals surface area contributed by atoms with Gasteiger partial charge in [-0.1, -0.05) is 0 Å². The van der Waals surface area contributed by atoms with Crippen LogP contribution in [0.3, 0.4) is 0 Å². The molecule has 0 aromatic heterocycles. The number of carboxylic acid groups (broad SMARTS) is 1. The molecule has 0 aliphatic heterocycles. The first kappa shape index (κ1) is 14.0. The predicted octanol–water partition coefficient (Wildman–Crippen LogP) is 0.696. The Labute approximate surface area is 102 Å². The summed E-state index contributed by atoms with van der Waals surface area (Å²) in [6.07, 6.45) is 1.88. The van der Waals surface area contributed by atoms with E-state index in [1.807, 2.05) is 13.8 Å². The molecule has 0 heterocycles. The van der Waals surface area contributed by atoms with Crippen molar-refractivity contribution in [3.05, 3.63) is 0 Å². The maximum atomic E-state index is 12.0.